The average Bonchev–Trinajstić information content (AvgIpc) is 3.01. The van der Waals surface area contributed by atoms with Gasteiger partial charge in [-0.15, -0.1) is 0 Å². The zero-order valence-electron chi connectivity index (χ0n) is 12.7. The van der Waals surface area contributed by atoms with Gasteiger partial charge in [0.25, 0.3) is 0 Å². The number of benzene rings is 1. The molecule has 4 heteroatoms. The van der Waals surface area contributed by atoms with Crippen LogP contribution in [0.2, 0.25) is 0 Å². The smallest absolute Gasteiger partial charge is 0.134 e. The molecule has 0 amide bonds. The van der Waals surface area contributed by atoms with Crippen molar-refractivity contribution in [3.8, 4) is 0 Å². The molecule has 1 aliphatic rings. The molecule has 0 aliphatic carbocycles. The topological polar surface area (TPSA) is 54.6 Å². The zero-order chi connectivity index (χ0) is 14.9. The second-order valence-electron chi connectivity index (χ2n) is 5.82. The van der Waals surface area contributed by atoms with E-state index in [-0.39, 0.29) is 6.10 Å². The normalized spacial score (nSPS) is 25.8. The third kappa shape index (κ3) is 2.71. The number of aliphatic hydroxyl groups is 1. The van der Waals surface area contributed by atoms with Crippen LogP contribution in [0.3, 0.4) is 0 Å². The van der Waals surface area contributed by atoms with Gasteiger partial charge < -0.3 is 19.6 Å². The molecular weight excluding hydrogens is 266 g/mol. The molecule has 0 radical (unpaired) electrons. The lowest BCUT2D eigenvalue weighted by Crippen LogP contribution is -2.45. The van der Waals surface area contributed by atoms with Crippen molar-refractivity contribution in [3.05, 3.63) is 35.6 Å². The number of hydrogen-bond donors (Lipinski definition) is 2. The lowest BCUT2D eigenvalue weighted by molar-refractivity contribution is -0.0263. The SMILES string of the molecule is CCc1oc2ccccc2c1CNCC1(O)CCOC1C. The summed E-state index contributed by atoms with van der Waals surface area (Å²) in [6.45, 7) is 5.90. The fraction of sp³-hybridized carbons (Fsp3) is 0.529. The third-order valence-corrected chi connectivity index (χ3v) is 4.50. The Balaban J connectivity index is 1.73. The quantitative estimate of drug-likeness (QED) is 0.888. The molecule has 0 saturated carbocycles. The number of nitrogens with one attached hydrogen (secondary N) is 1. The molecule has 1 saturated heterocycles. The molecule has 0 spiro atoms. The van der Waals surface area contributed by atoms with Crippen molar-refractivity contribution in [2.45, 2.75) is 44.9 Å². The number of rotatable bonds is 5. The molecule has 114 valence electrons. The Bertz CT molecular complexity index is 622. The highest BCUT2D eigenvalue weighted by Gasteiger charge is 2.39. The molecule has 4 nitrogen and oxygen atoms in total. The van der Waals surface area contributed by atoms with Gasteiger partial charge in [-0.05, 0) is 13.0 Å². The Hall–Kier alpha value is -1.36. The Morgan fingerprint density at radius 2 is 2.19 bits per heavy atom. The van der Waals surface area contributed by atoms with Crippen LogP contribution in [0, 0.1) is 0 Å². The second kappa shape index (κ2) is 5.79. The van der Waals surface area contributed by atoms with Gasteiger partial charge in [-0.2, -0.15) is 0 Å². The Labute approximate surface area is 125 Å². The number of furan rings is 1. The molecule has 3 rings (SSSR count). The summed E-state index contributed by atoms with van der Waals surface area (Å²) in [5, 5.41) is 15.1. The summed E-state index contributed by atoms with van der Waals surface area (Å²) in [5.41, 5.74) is 1.37. The molecule has 0 bridgehead atoms. The molecular formula is C17H23NO3. The maximum atomic E-state index is 10.5. The molecule has 1 fully saturated rings. The highest BCUT2D eigenvalue weighted by molar-refractivity contribution is 5.82. The first-order chi connectivity index (χ1) is 10.1. The summed E-state index contributed by atoms with van der Waals surface area (Å²) >= 11 is 0. The van der Waals surface area contributed by atoms with Crippen LogP contribution in [0.25, 0.3) is 11.0 Å². The van der Waals surface area contributed by atoms with Crippen LogP contribution >= 0.6 is 0 Å². The van der Waals surface area contributed by atoms with E-state index in [0.717, 1.165) is 23.2 Å². The fourth-order valence-electron chi connectivity index (χ4n) is 3.04. The van der Waals surface area contributed by atoms with Crippen LogP contribution in [0.5, 0.6) is 0 Å². The van der Waals surface area contributed by atoms with Crippen LogP contribution in [0.4, 0.5) is 0 Å². The Morgan fingerprint density at radius 1 is 1.38 bits per heavy atom. The minimum atomic E-state index is -0.758. The number of para-hydroxylation sites is 1. The van der Waals surface area contributed by atoms with Gasteiger partial charge in [0, 0.05) is 43.5 Å². The predicted molar refractivity (Wildman–Crippen MR) is 82.3 cm³/mol. The van der Waals surface area contributed by atoms with E-state index in [1.54, 1.807) is 0 Å². The van der Waals surface area contributed by atoms with E-state index in [2.05, 4.69) is 18.3 Å². The first kappa shape index (κ1) is 14.6. The summed E-state index contributed by atoms with van der Waals surface area (Å²) in [5.74, 6) is 1.02. The summed E-state index contributed by atoms with van der Waals surface area (Å²) < 4.78 is 11.4. The molecule has 1 aromatic heterocycles. The number of ether oxygens (including phenoxy) is 1. The van der Waals surface area contributed by atoms with E-state index < -0.39 is 5.60 Å². The highest BCUT2D eigenvalue weighted by atomic mass is 16.5. The average molecular weight is 289 g/mol. The van der Waals surface area contributed by atoms with Gasteiger partial charge in [0.05, 0.1) is 6.10 Å². The molecule has 1 aromatic carbocycles. The van der Waals surface area contributed by atoms with E-state index in [1.165, 1.54) is 5.56 Å². The van der Waals surface area contributed by atoms with Gasteiger partial charge in [-0.1, -0.05) is 25.1 Å². The largest absolute Gasteiger partial charge is 0.461 e. The van der Waals surface area contributed by atoms with Crippen LogP contribution in [0.1, 0.15) is 31.6 Å². The van der Waals surface area contributed by atoms with E-state index in [1.807, 2.05) is 25.1 Å². The lowest BCUT2D eigenvalue weighted by atomic mass is 9.96. The van der Waals surface area contributed by atoms with E-state index >= 15 is 0 Å². The van der Waals surface area contributed by atoms with Crippen molar-refractivity contribution < 1.29 is 14.3 Å². The molecule has 2 N–H and O–H groups in total. The van der Waals surface area contributed by atoms with Crippen molar-refractivity contribution in [2.24, 2.45) is 0 Å². The predicted octanol–water partition coefficient (Wildman–Crippen LogP) is 2.62. The number of fused-ring (bicyclic) bond motifs is 1. The van der Waals surface area contributed by atoms with Crippen LogP contribution in [0.15, 0.2) is 28.7 Å². The zero-order valence-corrected chi connectivity index (χ0v) is 12.7. The summed E-state index contributed by atoms with van der Waals surface area (Å²) in [4.78, 5) is 0. The first-order valence-corrected chi connectivity index (χ1v) is 7.68. The van der Waals surface area contributed by atoms with Crippen LogP contribution < -0.4 is 5.32 Å². The minimum Gasteiger partial charge on any atom is -0.461 e. The molecule has 2 aromatic rings. The van der Waals surface area contributed by atoms with Crippen molar-refractivity contribution in [3.63, 3.8) is 0 Å². The third-order valence-electron chi connectivity index (χ3n) is 4.50. The Kier molecular flexibility index (Phi) is 4.02. The van der Waals surface area contributed by atoms with E-state index in [0.29, 0.717) is 26.1 Å². The number of hydrogen-bond acceptors (Lipinski definition) is 4. The van der Waals surface area contributed by atoms with Crippen molar-refractivity contribution in [2.75, 3.05) is 13.2 Å². The standard InChI is InChI=1S/C17H23NO3/c1-3-15-14(13-6-4-5-7-16(13)21-15)10-18-11-17(19)8-9-20-12(17)2/h4-7,12,18-19H,3,8-11H2,1-2H3. The second-order valence-corrected chi connectivity index (χ2v) is 5.82. The van der Waals surface area contributed by atoms with Crippen molar-refractivity contribution in [1.29, 1.82) is 0 Å². The maximum Gasteiger partial charge on any atom is 0.134 e. The molecule has 1 aliphatic heterocycles. The maximum absolute atomic E-state index is 10.5. The van der Waals surface area contributed by atoms with Gasteiger partial charge in [-0.25, -0.2) is 0 Å². The van der Waals surface area contributed by atoms with Crippen molar-refractivity contribution >= 4 is 11.0 Å². The molecule has 21 heavy (non-hydrogen) atoms. The number of aryl methyl sites for hydroxylation is 1. The van der Waals surface area contributed by atoms with Gasteiger partial charge in [0.1, 0.15) is 16.9 Å². The van der Waals surface area contributed by atoms with Crippen LogP contribution in [-0.4, -0.2) is 30.0 Å². The van der Waals surface area contributed by atoms with Gasteiger partial charge >= 0.3 is 0 Å². The van der Waals surface area contributed by atoms with Crippen molar-refractivity contribution in [1.82, 2.24) is 5.32 Å². The van der Waals surface area contributed by atoms with E-state index in [4.69, 9.17) is 9.15 Å². The summed E-state index contributed by atoms with van der Waals surface area (Å²) in [7, 11) is 0. The van der Waals surface area contributed by atoms with Gasteiger partial charge in [0.2, 0.25) is 0 Å². The lowest BCUT2D eigenvalue weighted by Gasteiger charge is -2.26. The minimum absolute atomic E-state index is 0.114. The molecule has 2 unspecified atom stereocenters. The molecule has 2 heterocycles. The van der Waals surface area contributed by atoms with E-state index in [9.17, 15) is 5.11 Å². The van der Waals surface area contributed by atoms with Gasteiger partial charge in [-0.3, -0.25) is 0 Å². The fourth-order valence-corrected chi connectivity index (χ4v) is 3.04. The summed E-state index contributed by atoms with van der Waals surface area (Å²) in [6.07, 6.45) is 1.44. The highest BCUT2D eigenvalue weighted by Crippen LogP contribution is 2.27. The first-order valence-electron chi connectivity index (χ1n) is 7.68. The molecule has 2 atom stereocenters. The summed E-state index contributed by atoms with van der Waals surface area (Å²) in [6, 6.07) is 8.10. The van der Waals surface area contributed by atoms with Crippen LogP contribution in [-0.2, 0) is 17.7 Å². The van der Waals surface area contributed by atoms with Gasteiger partial charge in [0.15, 0.2) is 0 Å². The monoisotopic (exact) mass is 289 g/mol. The Morgan fingerprint density at radius 3 is 2.90 bits per heavy atom.